The summed E-state index contributed by atoms with van der Waals surface area (Å²) in [7, 11) is -3.40. The van der Waals surface area contributed by atoms with Gasteiger partial charge in [0.2, 0.25) is 5.91 Å². The van der Waals surface area contributed by atoms with Gasteiger partial charge in [-0.25, -0.2) is 8.42 Å². The third-order valence-electron chi connectivity index (χ3n) is 2.69. The number of nitrogens with one attached hydrogen (secondary N) is 1. The van der Waals surface area contributed by atoms with Crippen LogP contribution in [-0.4, -0.2) is 31.7 Å². The predicted molar refractivity (Wildman–Crippen MR) is 81.2 cm³/mol. The molecule has 1 amide bonds. The van der Waals surface area contributed by atoms with E-state index in [1.165, 1.54) is 22.6 Å². The number of hydrogen-bond acceptors (Lipinski definition) is 4. The largest absolute Gasteiger partial charge is 0.351 e. The Hall–Kier alpha value is -0.920. The van der Waals surface area contributed by atoms with E-state index in [4.69, 9.17) is 0 Å². The van der Waals surface area contributed by atoms with Gasteiger partial charge in [0.15, 0.2) is 0 Å². The normalized spacial score (nSPS) is 11.8. The number of hydrogen-bond donors (Lipinski definition) is 1. The van der Waals surface area contributed by atoms with Crippen molar-refractivity contribution < 1.29 is 13.2 Å². The van der Waals surface area contributed by atoms with Crippen LogP contribution in [0.5, 0.6) is 0 Å². The zero-order valence-electron chi connectivity index (χ0n) is 12.2. The quantitative estimate of drug-likeness (QED) is 0.799. The highest BCUT2D eigenvalue weighted by molar-refractivity contribution is 7.91. The van der Waals surface area contributed by atoms with Crippen LogP contribution in [0.4, 0.5) is 0 Å². The molecule has 5 nitrogen and oxygen atoms in total. The van der Waals surface area contributed by atoms with Crippen LogP contribution in [0, 0.1) is 0 Å². The van der Waals surface area contributed by atoms with Crippen molar-refractivity contribution in [2.75, 3.05) is 13.1 Å². The number of carbonyl (C=O) groups excluding carboxylic acids is 1. The lowest BCUT2D eigenvalue weighted by atomic mass is 10.4. The third kappa shape index (κ3) is 4.57. The van der Waals surface area contributed by atoms with Gasteiger partial charge in [0, 0.05) is 24.9 Å². The monoisotopic (exact) mass is 318 g/mol. The molecule has 20 heavy (non-hydrogen) atoms. The van der Waals surface area contributed by atoms with Crippen LogP contribution in [0.25, 0.3) is 0 Å². The Kier molecular flexibility index (Phi) is 6.64. The Labute approximate surface area is 125 Å². The van der Waals surface area contributed by atoms with Crippen LogP contribution in [0.1, 0.15) is 38.5 Å². The van der Waals surface area contributed by atoms with Gasteiger partial charge in [0.05, 0.1) is 6.54 Å². The Morgan fingerprint density at radius 3 is 2.35 bits per heavy atom. The summed E-state index contributed by atoms with van der Waals surface area (Å²) in [5.41, 5.74) is 0. The second kappa shape index (κ2) is 7.75. The van der Waals surface area contributed by atoms with Crippen LogP contribution in [0.2, 0.25) is 0 Å². The lowest BCUT2D eigenvalue weighted by Gasteiger charge is -2.19. The maximum absolute atomic E-state index is 12.5. The van der Waals surface area contributed by atoms with Gasteiger partial charge >= 0.3 is 0 Å². The van der Waals surface area contributed by atoms with Gasteiger partial charge in [-0.05, 0) is 25.0 Å². The molecule has 1 N–H and O–H groups in total. The minimum absolute atomic E-state index is 0.124. The second-order valence-electron chi connectivity index (χ2n) is 4.53. The van der Waals surface area contributed by atoms with Gasteiger partial charge in [0.1, 0.15) is 4.21 Å². The average molecular weight is 318 g/mol. The molecule has 0 aliphatic rings. The van der Waals surface area contributed by atoms with Crippen LogP contribution < -0.4 is 5.32 Å². The molecule has 0 saturated carbocycles. The highest BCUT2D eigenvalue weighted by atomic mass is 32.2. The van der Waals surface area contributed by atoms with E-state index in [0.29, 0.717) is 23.8 Å². The first kappa shape index (κ1) is 17.1. The summed E-state index contributed by atoms with van der Waals surface area (Å²) in [4.78, 5) is 11.7. The zero-order chi connectivity index (χ0) is 15.2. The molecule has 0 spiro atoms. The molecule has 0 bridgehead atoms. The summed E-state index contributed by atoms with van der Waals surface area (Å²) < 4.78 is 26.9. The number of nitrogens with zero attached hydrogens (tertiary/aromatic N) is 1. The average Bonchev–Trinajstić information content (AvgIpc) is 2.85. The summed E-state index contributed by atoms with van der Waals surface area (Å²) in [6, 6.07) is 3.37. The number of carbonyl (C=O) groups is 1. The van der Waals surface area contributed by atoms with Crippen LogP contribution in [0.15, 0.2) is 16.3 Å². The summed E-state index contributed by atoms with van der Waals surface area (Å²) in [5.74, 6) is -0.124. The van der Waals surface area contributed by atoms with E-state index in [2.05, 4.69) is 5.32 Å². The fourth-order valence-corrected chi connectivity index (χ4v) is 4.86. The molecule has 0 atom stereocenters. The van der Waals surface area contributed by atoms with Crippen LogP contribution in [0.3, 0.4) is 0 Å². The number of amides is 1. The number of sulfonamides is 1. The molecule has 0 radical (unpaired) electrons. The maximum Gasteiger partial charge on any atom is 0.252 e. The van der Waals surface area contributed by atoms with E-state index in [9.17, 15) is 13.2 Å². The summed E-state index contributed by atoms with van der Waals surface area (Å²) in [6.07, 6.45) is 1.59. The predicted octanol–water partition coefficient (Wildman–Crippen LogP) is 2.19. The highest BCUT2D eigenvalue weighted by Crippen LogP contribution is 2.25. The molecule has 1 aromatic rings. The highest BCUT2D eigenvalue weighted by Gasteiger charge is 2.24. The SMILES string of the molecule is CCCN(CCC)S(=O)(=O)c1ccc(CNC(C)=O)s1. The van der Waals surface area contributed by atoms with Crippen molar-refractivity contribution >= 4 is 27.3 Å². The van der Waals surface area contributed by atoms with E-state index in [0.717, 1.165) is 17.7 Å². The zero-order valence-corrected chi connectivity index (χ0v) is 13.8. The van der Waals surface area contributed by atoms with E-state index < -0.39 is 10.0 Å². The van der Waals surface area contributed by atoms with Crippen molar-refractivity contribution in [2.24, 2.45) is 0 Å². The van der Waals surface area contributed by atoms with E-state index in [1.54, 1.807) is 12.1 Å². The molecule has 7 heteroatoms. The topological polar surface area (TPSA) is 66.5 Å². The van der Waals surface area contributed by atoms with E-state index in [-0.39, 0.29) is 5.91 Å². The van der Waals surface area contributed by atoms with Gasteiger partial charge in [0.25, 0.3) is 10.0 Å². The van der Waals surface area contributed by atoms with E-state index in [1.807, 2.05) is 13.8 Å². The molecule has 0 aliphatic carbocycles. The molecule has 1 heterocycles. The molecule has 0 saturated heterocycles. The minimum Gasteiger partial charge on any atom is -0.351 e. The van der Waals surface area contributed by atoms with E-state index >= 15 is 0 Å². The van der Waals surface area contributed by atoms with Crippen LogP contribution in [-0.2, 0) is 21.4 Å². The Morgan fingerprint density at radius 2 is 1.85 bits per heavy atom. The second-order valence-corrected chi connectivity index (χ2v) is 7.87. The summed E-state index contributed by atoms with van der Waals surface area (Å²) in [6.45, 7) is 6.82. The third-order valence-corrected chi connectivity index (χ3v) is 6.14. The summed E-state index contributed by atoms with van der Waals surface area (Å²) in [5, 5.41) is 2.67. The lowest BCUT2D eigenvalue weighted by molar-refractivity contribution is -0.119. The maximum atomic E-state index is 12.5. The molecule has 0 fully saturated rings. The molecule has 1 rings (SSSR count). The standard InChI is InChI=1S/C13H22N2O3S2/c1-4-8-15(9-5-2)20(17,18)13-7-6-12(19-13)10-14-11(3)16/h6-7H,4-5,8-10H2,1-3H3,(H,14,16). The molecule has 0 aliphatic heterocycles. The number of thiophene rings is 1. The fourth-order valence-electron chi connectivity index (χ4n) is 1.78. The van der Waals surface area contributed by atoms with Gasteiger partial charge in [-0.1, -0.05) is 13.8 Å². The van der Waals surface area contributed by atoms with Gasteiger partial charge in [-0.15, -0.1) is 11.3 Å². The van der Waals surface area contributed by atoms with Gasteiger partial charge < -0.3 is 5.32 Å². The van der Waals surface area contributed by atoms with Crippen molar-refractivity contribution in [2.45, 2.75) is 44.4 Å². The first-order chi connectivity index (χ1) is 9.41. The molecule has 0 unspecified atom stereocenters. The van der Waals surface area contributed by atoms with Crippen molar-refractivity contribution in [3.05, 3.63) is 17.0 Å². The van der Waals surface area contributed by atoms with Crippen molar-refractivity contribution in [3.8, 4) is 0 Å². The summed E-state index contributed by atoms with van der Waals surface area (Å²) >= 11 is 1.22. The number of rotatable bonds is 8. The molecular weight excluding hydrogens is 296 g/mol. The Morgan fingerprint density at radius 1 is 1.25 bits per heavy atom. The molecule has 114 valence electrons. The molecule has 1 aromatic heterocycles. The first-order valence-corrected chi connectivity index (χ1v) is 9.00. The first-order valence-electron chi connectivity index (χ1n) is 6.75. The van der Waals surface area contributed by atoms with Gasteiger partial charge in [-0.2, -0.15) is 4.31 Å². The van der Waals surface area contributed by atoms with Gasteiger partial charge in [-0.3, -0.25) is 4.79 Å². The molecule has 0 aromatic carbocycles. The Balaban J connectivity index is 2.88. The minimum atomic E-state index is -3.40. The lowest BCUT2D eigenvalue weighted by Crippen LogP contribution is -2.32. The van der Waals surface area contributed by atoms with Crippen LogP contribution >= 0.6 is 11.3 Å². The Bertz CT molecular complexity index is 532. The fraction of sp³-hybridized carbons (Fsp3) is 0.615. The van der Waals surface area contributed by atoms with Crippen molar-refractivity contribution in [1.82, 2.24) is 9.62 Å². The van der Waals surface area contributed by atoms with Crippen molar-refractivity contribution in [3.63, 3.8) is 0 Å². The smallest absolute Gasteiger partial charge is 0.252 e. The van der Waals surface area contributed by atoms with Crippen molar-refractivity contribution in [1.29, 1.82) is 0 Å². The molecular formula is C13H22N2O3S2.